The first-order valence-corrected chi connectivity index (χ1v) is 6.52. The molecule has 1 aromatic carbocycles. The number of benzene rings is 1. The van der Waals surface area contributed by atoms with E-state index < -0.39 is 6.10 Å². The number of rotatable bonds is 5. The van der Waals surface area contributed by atoms with Gasteiger partial charge in [-0.05, 0) is 36.6 Å². The molecular weight excluding hydrogens is 234 g/mol. The van der Waals surface area contributed by atoms with Gasteiger partial charge in [0.25, 0.3) is 0 Å². The summed E-state index contributed by atoms with van der Waals surface area (Å²) in [7, 11) is 0. The van der Waals surface area contributed by atoms with Crippen LogP contribution < -0.4 is 5.32 Å². The summed E-state index contributed by atoms with van der Waals surface area (Å²) in [4.78, 5) is 0. The Bertz CT molecular complexity index is 365. The lowest BCUT2D eigenvalue weighted by Crippen LogP contribution is -2.39. The third kappa shape index (κ3) is 3.70. The molecule has 0 amide bonds. The molecule has 2 N–H and O–H groups in total. The van der Waals surface area contributed by atoms with E-state index in [0.717, 1.165) is 22.7 Å². The van der Waals surface area contributed by atoms with E-state index in [1.807, 2.05) is 25.1 Å². The summed E-state index contributed by atoms with van der Waals surface area (Å²) < 4.78 is 0. The van der Waals surface area contributed by atoms with E-state index in [2.05, 4.69) is 26.1 Å². The van der Waals surface area contributed by atoms with Crippen LogP contribution in [0, 0.1) is 12.8 Å². The predicted octanol–water partition coefficient (Wildman–Crippen LogP) is 3.32. The smallest absolute Gasteiger partial charge is 0.0945 e. The number of hydrogen-bond acceptors (Lipinski definition) is 2. The number of likely N-dealkylation sites (N-methyl/N-ethyl adjacent to an activating group) is 1. The zero-order chi connectivity index (χ0) is 13.0. The molecule has 0 aliphatic rings. The minimum atomic E-state index is -0.495. The lowest BCUT2D eigenvalue weighted by molar-refractivity contribution is 0.106. The van der Waals surface area contributed by atoms with Crippen LogP contribution in [-0.4, -0.2) is 17.7 Å². The number of nitrogens with one attached hydrogen (secondary N) is 1. The molecule has 2 atom stereocenters. The molecule has 3 heteroatoms. The minimum Gasteiger partial charge on any atom is -0.387 e. The highest BCUT2D eigenvalue weighted by atomic mass is 35.5. The predicted molar refractivity (Wildman–Crippen MR) is 73.5 cm³/mol. The first kappa shape index (κ1) is 14.5. The second kappa shape index (κ2) is 6.39. The van der Waals surface area contributed by atoms with Gasteiger partial charge in [0.2, 0.25) is 0 Å². The lowest BCUT2D eigenvalue weighted by Gasteiger charge is -2.27. The van der Waals surface area contributed by atoms with Crippen LogP contribution in [0.15, 0.2) is 18.2 Å². The van der Waals surface area contributed by atoms with Crippen LogP contribution in [0.25, 0.3) is 0 Å². The summed E-state index contributed by atoms with van der Waals surface area (Å²) in [6.07, 6.45) is -0.495. The Morgan fingerprint density at radius 1 is 1.35 bits per heavy atom. The molecule has 1 aromatic rings. The molecule has 0 aliphatic heterocycles. The zero-order valence-corrected chi connectivity index (χ0v) is 11.8. The number of aryl methyl sites for hydroxylation is 1. The first-order chi connectivity index (χ1) is 7.97. The van der Waals surface area contributed by atoms with E-state index in [0.29, 0.717) is 5.92 Å². The van der Waals surface area contributed by atoms with Crippen molar-refractivity contribution in [2.24, 2.45) is 5.92 Å². The first-order valence-electron chi connectivity index (χ1n) is 6.14. The van der Waals surface area contributed by atoms with Crippen molar-refractivity contribution in [1.82, 2.24) is 5.32 Å². The fourth-order valence-corrected chi connectivity index (χ4v) is 2.12. The van der Waals surface area contributed by atoms with E-state index >= 15 is 0 Å². The van der Waals surface area contributed by atoms with Crippen LogP contribution in [0.3, 0.4) is 0 Å². The average molecular weight is 256 g/mol. The molecule has 0 saturated heterocycles. The molecule has 2 nitrogen and oxygen atoms in total. The van der Waals surface area contributed by atoms with E-state index in [1.165, 1.54) is 0 Å². The highest BCUT2D eigenvalue weighted by molar-refractivity contribution is 6.31. The summed E-state index contributed by atoms with van der Waals surface area (Å²) in [5, 5.41) is 14.5. The molecule has 17 heavy (non-hydrogen) atoms. The molecule has 1 rings (SSSR count). The number of hydrogen-bond donors (Lipinski definition) is 2. The van der Waals surface area contributed by atoms with Gasteiger partial charge in [-0.1, -0.05) is 44.5 Å². The Balaban J connectivity index is 2.92. The minimum absolute atomic E-state index is 0.0700. The molecule has 2 unspecified atom stereocenters. The van der Waals surface area contributed by atoms with Crippen molar-refractivity contribution in [3.8, 4) is 0 Å². The number of aliphatic hydroxyl groups excluding tert-OH is 1. The largest absolute Gasteiger partial charge is 0.387 e. The fourth-order valence-electron chi connectivity index (χ4n) is 2.01. The molecule has 0 fully saturated rings. The average Bonchev–Trinajstić information content (AvgIpc) is 2.28. The Morgan fingerprint density at radius 2 is 2.00 bits per heavy atom. The van der Waals surface area contributed by atoms with Crippen LogP contribution in [-0.2, 0) is 0 Å². The third-order valence-electron chi connectivity index (χ3n) is 3.02. The Hall–Kier alpha value is -0.570. The third-order valence-corrected chi connectivity index (χ3v) is 3.45. The van der Waals surface area contributed by atoms with Crippen molar-refractivity contribution < 1.29 is 5.11 Å². The van der Waals surface area contributed by atoms with Gasteiger partial charge >= 0.3 is 0 Å². The maximum absolute atomic E-state index is 10.4. The summed E-state index contributed by atoms with van der Waals surface area (Å²) in [6, 6.07) is 5.77. The van der Waals surface area contributed by atoms with Crippen molar-refractivity contribution in [1.29, 1.82) is 0 Å². The fraction of sp³-hybridized carbons (Fsp3) is 0.571. The highest BCUT2D eigenvalue weighted by Gasteiger charge is 2.23. The molecule has 0 bridgehead atoms. The molecule has 0 radical (unpaired) electrons. The van der Waals surface area contributed by atoms with Gasteiger partial charge in [0, 0.05) is 11.1 Å². The Morgan fingerprint density at radius 3 is 2.47 bits per heavy atom. The van der Waals surface area contributed by atoms with Crippen molar-refractivity contribution in [3.63, 3.8) is 0 Å². The monoisotopic (exact) mass is 255 g/mol. The summed E-state index contributed by atoms with van der Waals surface area (Å²) in [6.45, 7) is 9.08. The highest BCUT2D eigenvalue weighted by Crippen LogP contribution is 2.25. The van der Waals surface area contributed by atoms with Crippen LogP contribution in [0.4, 0.5) is 0 Å². The van der Waals surface area contributed by atoms with Gasteiger partial charge in [-0.3, -0.25) is 0 Å². The van der Waals surface area contributed by atoms with Crippen molar-refractivity contribution in [3.05, 3.63) is 34.3 Å². The standard InChI is InChI=1S/C14H22ClNO/c1-5-16-13(9(2)3)14(17)11-6-7-12(15)10(4)8-11/h6-9,13-14,16-17H,5H2,1-4H3. The molecule has 96 valence electrons. The number of halogens is 1. The second-order valence-electron chi connectivity index (χ2n) is 4.78. The van der Waals surface area contributed by atoms with E-state index in [1.54, 1.807) is 0 Å². The van der Waals surface area contributed by atoms with Gasteiger partial charge in [-0.2, -0.15) is 0 Å². The van der Waals surface area contributed by atoms with Gasteiger partial charge < -0.3 is 10.4 Å². The van der Waals surface area contributed by atoms with Gasteiger partial charge in [-0.25, -0.2) is 0 Å². The lowest BCUT2D eigenvalue weighted by atomic mass is 9.92. The second-order valence-corrected chi connectivity index (χ2v) is 5.19. The molecule has 0 aliphatic carbocycles. The molecule has 0 saturated carbocycles. The molecule has 0 spiro atoms. The van der Waals surface area contributed by atoms with Crippen molar-refractivity contribution in [2.45, 2.75) is 39.8 Å². The summed E-state index contributed by atoms with van der Waals surface area (Å²) in [5.74, 6) is 0.376. The van der Waals surface area contributed by atoms with Gasteiger partial charge in [-0.15, -0.1) is 0 Å². The normalized spacial score (nSPS) is 15.0. The van der Waals surface area contributed by atoms with Crippen LogP contribution in [0.5, 0.6) is 0 Å². The van der Waals surface area contributed by atoms with Crippen LogP contribution in [0.2, 0.25) is 5.02 Å². The zero-order valence-electron chi connectivity index (χ0n) is 11.0. The quantitative estimate of drug-likeness (QED) is 0.846. The van der Waals surface area contributed by atoms with Crippen LogP contribution in [0.1, 0.15) is 38.0 Å². The van der Waals surface area contributed by atoms with E-state index in [4.69, 9.17) is 11.6 Å². The molecular formula is C14H22ClNO. The summed E-state index contributed by atoms with van der Waals surface area (Å²) >= 11 is 5.99. The topological polar surface area (TPSA) is 32.3 Å². The Kier molecular flexibility index (Phi) is 5.44. The van der Waals surface area contributed by atoms with E-state index in [-0.39, 0.29) is 6.04 Å². The van der Waals surface area contributed by atoms with Gasteiger partial charge in [0.05, 0.1) is 6.10 Å². The molecule has 0 aromatic heterocycles. The van der Waals surface area contributed by atoms with Crippen molar-refractivity contribution >= 4 is 11.6 Å². The van der Waals surface area contributed by atoms with Crippen molar-refractivity contribution in [2.75, 3.05) is 6.54 Å². The Labute approximate surface area is 109 Å². The molecule has 0 heterocycles. The van der Waals surface area contributed by atoms with Gasteiger partial charge in [0.1, 0.15) is 0 Å². The number of aliphatic hydroxyl groups is 1. The SMILES string of the molecule is CCNC(C(C)C)C(O)c1ccc(Cl)c(C)c1. The summed E-state index contributed by atoms with van der Waals surface area (Å²) in [5.41, 5.74) is 1.92. The maximum atomic E-state index is 10.4. The van der Waals surface area contributed by atoms with Crippen LogP contribution >= 0.6 is 11.6 Å². The maximum Gasteiger partial charge on any atom is 0.0945 e. The van der Waals surface area contributed by atoms with Gasteiger partial charge in [0.15, 0.2) is 0 Å². The van der Waals surface area contributed by atoms with E-state index in [9.17, 15) is 5.11 Å².